The third kappa shape index (κ3) is 4.77. The first-order chi connectivity index (χ1) is 27.7. The van der Waals surface area contributed by atoms with Crippen LogP contribution in [0.1, 0.15) is 12.0 Å². The minimum Gasteiger partial charge on any atom is -0.455 e. The monoisotopic (exact) mass is 722 g/mol. The van der Waals surface area contributed by atoms with Gasteiger partial charge in [0.05, 0.1) is 5.56 Å². The molecule has 1 aliphatic rings. The van der Waals surface area contributed by atoms with Gasteiger partial charge in [-0.05, 0) is 90.0 Å². The Morgan fingerprint density at radius 1 is 0.393 bits per heavy atom. The first-order valence-electron chi connectivity index (χ1n) is 19.0. The lowest BCUT2D eigenvalue weighted by atomic mass is 9.84. The van der Waals surface area contributed by atoms with E-state index in [1.807, 2.05) is 48.5 Å². The van der Waals surface area contributed by atoms with E-state index in [1.54, 1.807) is 0 Å². The molecule has 264 valence electrons. The molecule has 0 fully saturated rings. The summed E-state index contributed by atoms with van der Waals surface area (Å²) in [6, 6.07) is 50.1. The Bertz CT molecular complexity index is 3220. The first-order valence-corrected chi connectivity index (χ1v) is 19.0. The number of hydrogen-bond donors (Lipinski definition) is 0. The van der Waals surface area contributed by atoms with Gasteiger partial charge in [-0.2, -0.15) is 0 Å². The molecule has 0 atom stereocenters. The van der Waals surface area contributed by atoms with Gasteiger partial charge in [0.25, 0.3) is 0 Å². The summed E-state index contributed by atoms with van der Waals surface area (Å²) in [6.45, 7) is 0. The first kappa shape index (κ1) is 32.3. The van der Waals surface area contributed by atoms with Crippen molar-refractivity contribution in [1.29, 1.82) is 0 Å². The highest BCUT2D eigenvalue weighted by molar-refractivity contribution is 6.27. The van der Waals surface area contributed by atoms with Crippen LogP contribution in [0, 0.1) is 11.6 Å². The Kier molecular flexibility index (Phi) is 7.36. The molecule has 9 aromatic carbocycles. The van der Waals surface area contributed by atoms with Crippen LogP contribution < -0.4 is 0 Å². The molecule has 0 aliphatic heterocycles. The molecule has 3 heteroatoms. The fraction of sp³-hybridized carbons (Fsp3) is 0.0189. The number of hydrogen-bond acceptors (Lipinski definition) is 1. The molecule has 1 nitrogen and oxygen atoms in total. The Balaban J connectivity index is 1.23. The topological polar surface area (TPSA) is 13.1 Å². The van der Waals surface area contributed by atoms with E-state index in [0.717, 1.165) is 66.6 Å². The van der Waals surface area contributed by atoms with Crippen LogP contribution in [0.2, 0.25) is 0 Å². The van der Waals surface area contributed by atoms with E-state index < -0.39 is 11.6 Å². The van der Waals surface area contributed by atoms with Gasteiger partial charge in [-0.25, -0.2) is 8.78 Å². The van der Waals surface area contributed by atoms with E-state index in [-0.39, 0.29) is 5.56 Å². The molecular weight excluding hydrogens is 691 g/mol. The molecule has 56 heavy (non-hydrogen) atoms. The molecule has 0 bridgehead atoms. The lowest BCUT2D eigenvalue weighted by molar-refractivity contribution is 0.590. The molecule has 0 radical (unpaired) electrons. The summed E-state index contributed by atoms with van der Waals surface area (Å²) >= 11 is 0. The Hall–Kier alpha value is -7.10. The van der Waals surface area contributed by atoms with E-state index in [1.165, 1.54) is 56.4 Å². The van der Waals surface area contributed by atoms with Crippen molar-refractivity contribution in [1.82, 2.24) is 0 Å². The zero-order valence-electron chi connectivity index (χ0n) is 30.2. The summed E-state index contributed by atoms with van der Waals surface area (Å²) in [6.07, 6.45) is 11.8. The van der Waals surface area contributed by atoms with Gasteiger partial charge in [-0.15, -0.1) is 0 Å². The number of rotatable bonds is 4. The second-order valence-corrected chi connectivity index (χ2v) is 14.4. The van der Waals surface area contributed by atoms with Crippen molar-refractivity contribution in [2.75, 3.05) is 0 Å². The Labute approximate surface area is 321 Å². The van der Waals surface area contributed by atoms with Crippen LogP contribution >= 0.6 is 0 Å². The molecule has 1 heterocycles. The van der Waals surface area contributed by atoms with Crippen LogP contribution in [0.3, 0.4) is 0 Å². The third-order valence-electron chi connectivity index (χ3n) is 11.4. The smallest absolute Gasteiger partial charge is 0.143 e. The normalized spacial score (nSPS) is 13.1. The number of halogens is 2. The van der Waals surface area contributed by atoms with Gasteiger partial charge >= 0.3 is 0 Å². The predicted octanol–water partition coefficient (Wildman–Crippen LogP) is 15.4. The van der Waals surface area contributed by atoms with E-state index in [9.17, 15) is 0 Å². The fourth-order valence-electron chi connectivity index (χ4n) is 9.17. The number of para-hydroxylation sites is 1. The van der Waals surface area contributed by atoms with E-state index >= 15 is 8.78 Å². The quantitative estimate of drug-likeness (QED) is 0.165. The van der Waals surface area contributed by atoms with Crippen molar-refractivity contribution in [3.8, 4) is 33.4 Å². The summed E-state index contributed by atoms with van der Waals surface area (Å²) in [5, 5.41) is 10.1. The Morgan fingerprint density at radius 2 is 0.857 bits per heavy atom. The highest BCUT2D eigenvalue weighted by atomic mass is 19.1. The minimum absolute atomic E-state index is 0.0217. The van der Waals surface area contributed by atoms with Crippen molar-refractivity contribution >= 4 is 70.6 Å². The minimum atomic E-state index is -0.590. The van der Waals surface area contributed by atoms with E-state index in [2.05, 4.69) is 115 Å². The zero-order valence-corrected chi connectivity index (χ0v) is 30.2. The van der Waals surface area contributed by atoms with Crippen LogP contribution in [-0.2, 0) is 0 Å². The average molecular weight is 723 g/mol. The van der Waals surface area contributed by atoms with Crippen molar-refractivity contribution in [3.63, 3.8) is 0 Å². The fourth-order valence-corrected chi connectivity index (χ4v) is 9.17. The standard InChI is InChI=1S/C53H32F2O/c54-44-29-15-30-45(55)52(44)51-39-24-11-9-22-37(39)49(38-23-10-12-25-40(38)51)42-27-13-28-43-50-41(26-14-31-46(50)56-53(42)43)48-35-20-7-5-18-33(35)47(32-16-3-1-2-4-17-32)34-19-6-8-21-36(34)48/h1-3,5-31H,4H2. The lowest BCUT2D eigenvalue weighted by Crippen LogP contribution is -1.95. The highest BCUT2D eigenvalue weighted by Gasteiger charge is 2.25. The summed E-state index contributed by atoms with van der Waals surface area (Å²) in [5.74, 6) is -1.18. The van der Waals surface area contributed by atoms with Gasteiger partial charge in [0.2, 0.25) is 0 Å². The Morgan fingerprint density at radius 3 is 1.45 bits per heavy atom. The molecule has 1 aliphatic carbocycles. The molecule has 11 rings (SSSR count). The number of fused-ring (bicyclic) bond motifs is 7. The predicted molar refractivity (Wildman–Crippen MR) is 231 cm³/mol. The number of furan rings is 1. The van der Waals surface area contributed by atoms with Crippen molar-refractivity contribution in [3.05, 3.63) is 199 Å². The third-order valence-corrected chi connectivity index (χ3v) is 11.4. The molecule has 0 N–H and O–H groups in total. The molecule has 0 saturated heterocycles. The van der Waals surface area contributed by atoms with E-state index in [0.29, 0.717) is 5.56 Å². The maximum atomic E-state index is 15.6. The zero-order chi connectivity index (χ0) is 37.3. The van der Waals surface area contributed by atoms with E-state index in [4.69, 9.17) is 4.42 Å². The van der Waals surface area contributed by atoms with Crippen LogP contribution in [0.15, 0.2) is 186 Å². The van der Waals surface area contributed by atoms with Crippen molar-refractivity contribution in [2.45, 2.75) is 6.42 Å². The molecule has 0 spiro atoms. The van der Waals surface area contributed by atoms with Crippen molar-refractivity contribution < 1.29 is 13.2 Å². The summed E-state index contributed by atoms with van der Waals surface area (Å²) in [7, 11) is 0. The highest BCUT2D eigenvalue weighted by Crippen LogP contribution is 2.50. The molecule has 10 aromatic rings. The largest absolute Gasteiger partial charge is 0.455 e. The van der Waals surface area contributed by atoms with Crippen LogP contribution in [0.5, 0.6) is 0 Å². The van der Waals surface area contributed by atoms with Crippen LogP contribution in [0.25, 0.3) is 104 Å². The van der Waals surface area contributed by atoms with Gasteiger partial charge in [0.15, 0.2) is 0 Å². The SMILES string of the molecule is Fc1cccc(F)c1-c1c2ccccc2c(-c2cccc3c2oc2cccc(-c4c5ccccc5c(C5=CCC=CC=C5)c5ccccc45)c23)c2ccccc12. The molecular formula is C53H32F2O. The van der Waals surface area contributed by atoms with Gasteiger partial charge in [0.1, 0.15) is 22.8 Å². The van der Waals surface area contributed by atoms with Crippen LogP contribution in [-0.4, -0.2) is 0 Å². The van der Waals surface area contributed by atoms with Gasteiger partial charge in [0, 0.05) is 27.5 Å². The second kappa shape index (κ2) is 12.8. The molecule has 0 unspecified atom stereocenters. The second-order valence-electron chi connectivity index (χ2n) is 14.4. The molecule has 1 aromatic heterocycles. The van der Waals surface area contributed by atoms with Gasteiger partial charge < -0.3 is 4.42 Å². The lowest BCUT2D eigenvalue weighted by Gasteiger charge is -2.19. The number of allylic oxidation sites excluding steroid dienone is 6. The summed E-state index contributed by atoms with van der Waals surface area (Å²) in [4.78, 5) is 0. The summed E-state index contributed by atoms with van der Waals surface area (Å²) < 4.78 is 38.1. The maximum absolute atomic E-state index is 15.6. The van der Waals surface area contributed by atoms with Crippen molar-refractivity contribution in [2.24, 2.45) is 0 Å². The van der Waals surface area contributed by atoms with Gasteiger partial charge in [-0.1, -0.05) is 164 Å². The van der Waals surface area contributed by atoms with Crippen LogP contribution in [0.4, 0.5) is 8.78 Å². The molecule has 0 saturated carbocycles. The van der Waals surface area contributed by atoms with Gasteiger partial charge in [-0.3, -0.25) is 0 Å². The maximum Gasteiger partial charge on any atom is 0.143 e. The average Bonchev–Trinajstić information content (AvgIpc) is 3.42. The molecule has 0 amide bonds. The summed E-state index contributed by atoms with van der Waals surface area (Å²) in [5.41, 5.74) is 8.69. The number of benzene rings is 9.